The summed E-state index contributed by atoms with van der Waals surface area (Å²) in [7, 11) is 0. The van der Waals surface area contributed by atoms with Crippen molar-refractivity contribution in [3.05, 3.63) is 42.8 Å². The largest absolute Gasteiger partial charge is 0.493 e. The second kappa shape index (κ2) is 21.2. The number of aromatic nitrogens is 3. The number of aromatic hydroxyl groups is 2. The van der Waals surface area contributed by atoms with Crippen LogP contribution < -0.4 is 48.7 Å². The minimum atomic E-state index is -1.20. The van der Waals surface area contributed by atoms with E-state index in [4.69, 9.17) is 0 Å². The number of azo groups is 2. The Bertz CT molecular complexity index is 2170. The summed E-state index contributed by atoms with van der Waals surface area (Å²) in [6, 6.07) is -0.379. The zero-order valence-electron chi connectivity index (χ0n) is 33.4. The number of pyridine rings is 1. The third-order valence-electron chi connectivity index (χ3n) is 10.8. The number of hydrogen-bond donors (Lipinski definition) is 14. The molecule has 0 radical (unpaired) electrons. The maximum Gasteiger partial charge on any atom is 0.331 e. The van der Waals surface area contributed by atoms with Gasteiger partial charge in [-0.15, -0.1) is 10.2 Å². The summed E-state index contributed by atoms with van der Waals surface area (Å²) in [5.74, 6) is -9.86. The lowest BCUT2D eigenvalue weighted by atomic mass is 9.79. The number of aryl methyl sites for hydroxylation is 1. The summed E-state index contributed by atoms with van der Waals surface area (Å²) in [4.78, 5) is 86.7. The highest BCUT2D eigenvalue weighted by molar-refractivity contribution is 5.75. The van der Waals surface area contributed by atoms with Gasteiger partial charge in [0.2, 0.25) is 17.4 Å². The Labute approximate surface area is 350 Å². The predicted octanol–water partition coefficient (Wildman–Crippen LogP) is -2.41. The van der Waals surface area contributed by atoms with E-state index in [0.717, 1.165) is 9.13 Å². The van der Waals surface area contributed by atoms with Gasteiger partial charge in [-0.25, -0.2) is 4.79 Å². The standard InChI is InChI=1S/C35H51N13O14/c1-15-8-22(50)47(26(52)23(15)45-43-20-11-16(28(54)55)9-17(12-20)29(56)57)5-2-36-32-40-33(42-34(41-32)38-4-7-49)37-3-6-48-27(53)24(25(51)39-35(48)62)46-44-21-13-18(30(58)59)10-19(14-21)31(60)61/h8,16-21,32-34,36-38,40-42,49,52-53H,2-7,9-14H2,1H3,(H,54,55)(H,56,57)(H,58,59)(H,60,61)(H,39,51,62). The summed E-state index contributed by atoms with van der Waals surface area (Å²) in [6.07, 6.45) is -2.11. The van der Waals surface area contributed by atoms with E-state index in [1.54, 1.807) is 0 Å². The van der Waals surface area contributed by atoms with Gasteiger partial charge in [0.25, 0.3) is 11.1 Å². The van der Waals surface area contributed by atoms with Crippen LogP contribution in [0, 0.1) is 30.6 Å². The second-order valence-electron chi connectivity index (χ2n) is 15.3. The van der Waals surface area contributed by atoms with Crippen molar-refractivity contribution in [2.45, 2.75) is 89.5 Å². The Balaban J connectivity index is 1.21. The first-order chi connectivity index (χ1) is 29.4. The predicted molar refractivity (Wildman–Crippen MR) is 211 cm³/mol. The highest BCUT2D eigenvalue weighted by atomic mass is 16.4. The van der Waals surface area contributed by atoms with E-state index in [0.29, 0.717) is 0 Å². The van der Waals surface area contributed by atoms with Gasteiger partial charge in [0.05, 0.1) is 42.4 Å². The molecule has 27 nitrogen and oxygen atoms in total. The zero-order chi connectivity index (χ0) is 45.2. The van der Waals surface area contributed by atoms with Crippen molar-refractivity contribution < 1.29 is 54.9 Å². The lowest BCUT2D eigenvalue weighted by molar-refractivity contribution is -0.150. The Morgan fingerprint density at radius 3 is 1.48 bits per heavy atom. The molecule has 7 unspecified atom stereocenters. The van der Waals surface area contributed by atoms with Gasteiger partial charge in [-0.2, -0.15) is 10.2 Å². The van der Waals surface area contributed by atoms with Crippen LogP contribution in [0.3, 0.4) is 0 Å². The number of rotatable bonds is 19. The molecule has 27 heteroatoms. The molecule has 3 fully saturated rings. The number of aliphatic hydroxyl groups is 1. The molecule has 62 heavy (non-hydrogen) atoms. The highest BCUT2D eigenvalue weighted by Crippen LogP contribution is 2.35. The molecule has 5 rings (SSSR count). The fraction of sp³-hybridized carbons (Fsp3) is 0.629. The molecule has 14 N–H and O–H groups in total. The summed E-state index contributed by atoms with van der Waals surface area (Å²) < 4.78 is 1.86. The normalized spacial score (nSPS) is 26.8. The fourth-order valence-electron chi connectivity index (χ4n) is 7.63. The summed E-state index contributed by atoms with van der Waals surface area (Å²) in [5, 5.41) is 104. The van der Waals surface area contributed by atoms with Crippen LogP contribution in [0.25, 0.3) is 0 Å². The first kappa shape index (κ1) is 47.1. The van der Waals surface area contributed by atoms with Crippen LogP contribution in [-0.2, 0) is 32.3 Å². The number of hydrogen-bond acceptors (Lipinski definition) is 20. The van der Waals surface area contributed by atoms with Crippen LogP contribution in [-0.4, -0.2) is 131 Å². The van der Waals surface area contributed by atoms with Crippen LogP contribution in [0.5, 0.6) is 11.8 Å². The molecule has 7 atom stereocenters. The first-order valence-electron chi connectivity index (χ1n) is 19.8. The second-order valence-corrected chi connectivity index (χ2v) is 15.3. The first-order valence-corrected chi connectivity index (χ1v) is 19.8. The smallest absolute Gasteiger partial charge is 0.331 e. The van der Waals surface area contributed by atoms with E-state index in [2.05, 4.69) is 52.4 Å². The number of carbonyl (C=O) groups is 4. The molecule has 340 valence electrons. The Morgan fingerprint density at radius 1 is 0.645 bits per heavy atom. The van der Waals surface area contributed by atoms with Crippen molar-refractivity contribution in [1.29, 1.82) is 0 Å². The summed E-state index contributed by atoms with van der Waals surface area (Å²) >= 11 is 0. The highest BCUT2D eigenvalue weighted by Gasteiger charge is 2.38. The van der Waals surface area contributed by atoms with E-state index < -0.39 is 113 Å². The zero-order valence-corrected chi connectivity index (χ0v) is 33.4. The van der Waals surface area contributed by atoms with Crippen molar-refractivity contribution in [2.75, 3.05) is 26.2 Å². The number of aliphatic hydroxyl groups excluding tert-OH is 1. The molecule has 0 bridgehead atoms. The minimum absolute atomic E-state index is 0.0118. The maximum absolute atomic E-state index is 12.9. The van der Waals surface area contributed by atoms with Crippen molar-refractivity contribution >= 4 is 35.3 Å². The third-order valence-corrected chi connectivity index (χ3v) is 10.8. The molecule has 2 aromatic heterocycles. The van der Waals surface area contributed by atoms with Crippen LogP contribution >= 0.6 is 0 Å². The number of aliphatic carboxylic acids is 4. The average Bonchev–Trinajstić information content (AvgIpc) is 3.21. The van der Waals surface area contributed by atoms with Gasteiger partial charge in [-0.1, -0.05) is 0 Å². The lowest BCUT2D eigenvalue weighted by Gasteiger charge is -2.39. The summed E-state index contributed by atoms with van der Waals surface area (Å²) in [5.41, 5.74) is -2.98. The van der Waals surface area contributed by atoms with E-state index in [9.17, 15) is 69.3 Å². The average molecular weight is 878 g/mol. The molecule has 2 aromatic rings. The lowest BCUT2D eigenvalue weighted by Crippen LogP contribution is -2.77. The molecule has 2 aliphatic carbocycles. The van der Waals surface area contributed by atoms with Crippen LogP contribution in [0.1, 0.15) is 44.1 Å². The van der Waals surface area contributed by atoms with E-state index in [-0.39, 0.29) is 89.1 Å². The number of aromatic amines is 1. The molecular formula is C35H51N13O14. The van der Waals surface area contributed by atoms with E-state index >= 15 is 0 Å². The van der Waals surface area contributed by atoms with E-state index in [1.165, 1.54) is 13.0 Å². The number of nitrogens with one attached hydrogen (secondary N) is 7. The van der Waals surface area contributed by atoms with Crippen molar-refractivity contribution in [1.82, 2.24) is 46.0 Å². The van der Waals surface area contributed by atoms with Crippen LogP contribution in [0.15, 0.2) is 40.9 Å². The topological polar surface area (TPSA) is 408 Å². The van der Waals surface area contributed by atoms with Gasteiger partial charge in [-0.3, -0.25) is 74.8 Å². The minimum Gasteiger partial charge on any atom is -0.493 e. The number of carboxylic acids is 4. The van der Waals surface area contributed by atoms with Crippen LogP contribution in [0.4, 0.5) is 11.4 Å². The molecular weight excluding hydrogens is 826 g/mol. The van der Waals surface area contributed by atoms with Gasteiger partial charge in [-0.05, 0) is 51.0 Å². The Kier molecular flexibility index (Phi) is 16.1. The molecule has 1 saturated heterocycles. The van der Waals surface area contributed by atoms with Gasteiger partial charge < -0.3 is 35.7 Å². The van der Waals surface area contributed by atoms with Crippen molar-refractivity contribution in [3.63, 3.8) is 0 Å². The monoisotopic (exact) mass is 877 g/mol. The number of nitrogens with zero attached hydrogens (tertiary/aromatic N) is 6. The van der Waals surface area contributed by atoms with Crippen molar-refractivity contribution in [2.24, 2.45) is 44.1 Å². The van der Waals surface area contributed by atoms with E-state index in [1.807, 2.05) is 4.98 Å². The Hall–Kier alpha value is -5.97. The third kappa shape index (κ3) is 12.1. The summed E-state index contributed by atoms with van der Waals surface area (Å²) in [6.45, 7) is 1.28. The molecule has 0 spiro atoms. The number of H-pyrrole nitrogens is 1. The molecule has 3 heterocycles. The molecule has 0 amide bonds. The molecule has 1 aliphatic heterocycles. The quantitative estimate of drug-likeness (QED) is 0.0653. The Morgan fingerprint density at radius 2 is 1.05 bits per heavy atom. The fourth-order valence-corrected chi connectivity index (χ4v) is 7.63. The molecule has 2 saturated carbocycles. The van der Waals surface area contributed by atoms with Crippen LogP contribution in [0.2, 0.25) is 0 Å². The molecule has 3 aliphatic rings. The van der Waals surface area contributed by atoms with Gasteiger partial charge >= 0.3 is 29.6 Å². The number of carboxylic acid groups (broad SMARTS) is 4. The van der Waals surface area contributed by atoms with Crippen molar-refractivity contribution in [3.8, 4) is 11.8 Å². The molecule has 0 aromatic carbocycles. The maximum atomic E-state index is 12.9. The van der Waals surface area contributed by atoms with Gasteiger partial charge in [0.15, 0.2) is 0 Å². The van der Waals surface area contributed by atoms with Gasteiger partial charge in [0.1, 0.15) is 24.6 Å². The SMILES string of the molecule is Cc1cc(=O)n(CCNC2NC(NCCO)NC(NCCn3c(O)c(N=NC4CC(C(=O)O)CC(C(=O)O)C4)c(=O)[nH]c3=O)N2)c(O)c1N=NC1CC(C(=O)O)CC(C(=O)O)C1. The van der Waals surface area contributed by atoms with Gasteiger partial charge in [0, 0.05) is 38.8 Å².